The van der Waals surface area contributed by atoms with E-state index in [1.807, 2.05) is 0 Å². The highest BCUT2D eigenvalue weighted by atomic mass is 16.3. The van der Waals surface area contributed by atoms with E-state index in [1.54, 1.807) is 0 Å². The summed E-state index contributed by atoms with van der Waals surface area (Å²) >= 11 is 0. The fraction of sp³-hybridized carbons (Fsp3) is 1.00. The molecule has 2 N–H and O–H groups in total. The molecule has 74 valence electrons. The second-order valence-corrected chi connectivity index (χ2v) is 4.21. The van der Waals surface area contributed by atoms with E-state index in [0.717, 1.165) is 25.7 Å². The van der Waals surface area contributed by atoms with Gasteiger partial charge >= 0.3 is 0 Å². The van der Waals surface area contributed by atoms with Gasteiger partial charge in [0.2, 0.25) is 0 Å². The van der Waals surface area contributed by atoms with E-state index >= 15 is 0 Å². The topological polar surface area (TPSA) is 40.5 Å². The van der Waals surface area contributed by atoms with Crippen molar-refractivity contribution in [3.8, 4) is 0 Å². The Morgan fingerprint density at radius 2 is 1.50 bits per heavy atom. The van der Waals surface area contributed by atoms with Crippen molar-refractivity contribution < 1.29 is 10.2 Å². The molecule has 0 aliphatic rings. The van der Waals surface area contributed by atoms with Gasteiger partial charge < -0.3 is 10.2 Å². The Kier molecular flexibility index (Phi) is 6.39. The molecule has 0 fully saturated rings. The van der Waals surface area contributed by atoms with E-state index in [2.05, 4.69) is 13.8 Å². The molecule has 0 radical (unpaired) electrons. The van der Waals surface area contributed by atoms with Crippen molar-refractivity contribution in [2.24, 2.45) is 5.41 Å². The minimum atomic E-state index is 0.0826. The number of hydrogen-bond acceptors (Lipinski definition) is 2. The molecular weight excluding hydrogens is 152 g/mol. The summed E-state index contributed by atoms with van der Waals surface area (Å²) in [5.74, 6) is 0. The first-order chi connectivity index (χ1) is 5.62. The highest BCUT2D eigenvalue weighted by Crippen LogP contribution is 2.22. The van der Waals surface area contributed by atoms with Gasteiger partial charge in [0, 0.05) is 13.2 Å². The van der Waals surface area contributed by atoms with Crippen molar-refractivity contribution in [2.45, 2.75) is 46.0 Å². The Morgan fingerprint density at radius 1 is 0.917 bits per heavy atom. The molecule has 0 aromatic rings. The van der Waals surface area contributed by atoms with Crippen LogP contribution in [0.2, 0.25) is 0 Å². The minimum absolute atomic E-state index is 0.0826. The number of unbranched alkanes of at least 4 members (excludes halogenated alkanes) is 3. The van der Waals surface area contributed by atoms with Crippen molar-refractivity contribution in [2.75, 3.05) is 13.2 Å². The molecule has 0 spiro atoms. The summed E-state index contributed by atoms with van der Waals surface area (Å²) in [5, 5.41) is 17.5. The molecule has 2 nitrogen and oxygen atoms in total. The quantitative estimate of drug-likeness (QED) is 0.579. The maximum atomic E-state index is 8.96. The van der Waals surface area contributed by atoms with Crippen LogP contribution in [0.5, 0.6) is 0 Å². The zero-order valence-electron chi connectivity index (χ0n) is 8.34. The Labute approximate surface area is 75.6 Å². The van der Waals surface area contributed by atoms with Gasteiger partial charge in [-0.2, -0.15) is 0 Å². The number of rotatable bonds is 7. The lowest BCUT2D eigenvalue weighted by Crippen LogP contribution is -2.16. The molecule has 0 bridgehead atoms. The molecule has 0 amide bonds. The van der Waals surface area contributed by atoms with Crippen LogP contribution in [0, 0.1) is 5.41 Å². The smallest absolute Gasteiger partial charge is 0.0482 e. The van der Waals surface area contributed by atoms with Crippen LogP contribution in [-0.2, 0) is 0 Å². The average molecular weight is 174 g/mol. The maximum Gasteiger partial charge on any atom is 0.0482 e. The maximum absolute atomic E-state index is 8.96. The van der Waals surface area contributed by atoms with Crippen molar-refractivity contribution >= 4 is 0 Å². The van der Waals surface area contributed by atoms with Crippen molar-refractivity contribution in [3.63, 3.8) is 0 Å². The van der Waals surface area contributed by atoms with Gasteiger partial charge in [-0.1, -0.05) is 33.1 Å². The molecule has 0 saturated carbocycles. The number of aliphatic hydroxyl groups is 2. The third kappa shape index (κ3) is 6.62. The summed E-state index contributed by atoms with van der Waals surface area (Å²) in [6.07, 6.45) is 5.43. The lowest BCUT2D eigenvalue weighted by atomic mass is 9.88. The summed E-state index contributed by atoms with van der Waals surface area (Å²) in [5.41, 5.74) is 0.0826. The van der Waals surface area contributed by atoms with E-state index in [-0.39, 0.29) is 12.0 Å². The zero-order valence-corrected chi connectivity index (χ0v) is 8.34. The molecule has 0 saturated heterocycles. The van der Waals surface area contributed by atoms with Crippen LogP contribution in [0.3, 0.4) is 0 Å². The van der Waals surface area contributed by atoms with Crippen LogP contribution < -0.4 is 0 Å². The molecule has 0 atom stereocenters. The van der Waals surface area contributed by atoms with Gasteiger partial charge in [0.15, 0.2) is 0 Å². The largest absolute Gasteiger partial charge is 0.396 e. The molecular formula is C10H22O2. The van der Waals surface area contributed by atoms with Gasteiger partial charge in [0.25, 0.3) is 0 Å². The second-order valence-electron chi connectivity index (χ2n) is 4.21. The summed E-state index contributed by atoms with van der Waals surface area (Å²) < 4.78 is 0. The summed E-state index contributed by atoms with van der Waals surface area (Å²) in [7, 11) is 0. The first kappa shape index (κ1) is 11.9. The average Bonchev–Trinajstić information content (AvgIpc) is 2.04. The zero-order chi connectivity index (χ0) is 9.45. The molecule has 0 aromatic carbocycles. The van der Waals surface area contributed by atoms with E-state index < -0.39 is 0 Å². The van der Waals surface area contributed by atoms with Crippen LogP contribution in [-0.4, -0.2) is 23.4 Å². The standard InChI is InChI=1S/C10H22O2/c1-10(2,9-12)7-5-3-4-6-8-11/h11-12H,3-9H2,1-2H3. The van der Waals surface area contributed by atoms with Crippen LogP contribution in [0.1, 0.15) is 46.0 Å². The lowest BCUT2D eigenvalue weighted by molar-refractivity contribution is 0.146. The minimum Gasteiger partial charge on any atom is -0.396 e. The third-order valence-corrected chi connectivity index (χ3v) is 2.19. The first-order valence-electron chi connectivity index (χ1n) is 4.84. The molecule has 0 rings (SSSR count). The van der Waals surface area contributed by atoms with Gasteiger partial charge in [0.1, 0.15) is 0 Å². The van der Waals surface area contributed by atoms with E-state index in [9.17, 15) is 0 Å². The highest BCUT2D eigenvalue weighted by Gasteiger charge is 2.14. The van der Waals surface area contributed by atoms with Crippen LogP contribution in [0.25, 0.3) is 0 Å². The second kappa shape index (κ2) is 6.44. The SMILES string of the molecule is CC(C)(CO)CCCCCCO. The van der Waals surface area contributed by atoms with E-state index in [1.165, 1.54) is 6.42 Å². The Morgan fingerprint density at radius 3 is 2.00 bits per heavy atom. The first-order valence-corrected chi connectivity index (χ1v) is 4.84. The third-order valence-electron chi connectivity index (χ3n) is 2.19. The molecule has 0 heterocycles. The van der Waals surface area contributed by atoms with Gasteiger partial charge in [-0.3, -0.25) is 0 Å². The molecule has 2 heteroatoms. The Balaban J connectivity index is 3.19. The number of aliphatic hydroxyl groups excluding tert-OH is 2. The van der Waals surface area contributed by atoms with Crippen LogP contribution >= 0.6 is 0 Å². The van der Waals surface area contributed by atoms with Gasteiger partial charge in [-0.25, -0.2) is 0 Å². The lowest BCUT2D eigenvalue weighted by Gasteiger charge is -2.20. The Bertz CT molecular complexity index is 100. The fourth-order valence-electron chi connectivity index (χ4n) is 1.15. The Hall–Kier alpha value is -0.0800. The van der Waals surface area contributed by atoms with Crippen LogP contribution in [0.4, 0.5) is 0 Å². The molecule has 0 aliphatic heterocycles. The van der Waals surface area contributed by atoms with E-state index in [4.69, 9.17) is 10.2 Å². The van der Waals surface area contributed by atoms with Gasteiger partial charge in [0.05, 0.1) is 0 Å². The highest BCUT2D eigenvalue weighted by molar-refractivity contribution is 4.66. The summed E-state index contributed by atoms with van der Waals surface area (Å²) in [6.45, 7) is 4.74. The van der Waals surface area contributed by atoms with Gasteiger partial charge in [-0.15, -0.1) is 0 Å². The van der Waals surface area contributed by atoms with E-state index in [0.29, 0.717) is 6.61 Å². The monoisotopic (exact) mass is 174 g/mol. The van der Waals surface area contributed by atoms with Crippen molar-refractivity contribution in [1.82, 2.24) is 0 Å². The summed E-state index contributed by atoms with van der Waals surface area (Å²) in [4.78, 5) is 0. The normalized spacial score (nSPS) is 12.0. The van der Waals surface area contributed by atoms with Crippen molar-refractivity contribution in [3.05, 3.63) is 0 Å². The fourth-order valence-corrected chi connectivity index (χ4v) is 1.15. The molecule has 0 aromatic heterocycles. The predicted octanol–water partition coefficient (Wildman–Crippen LogP) is 1.95. The van der Waals surface area contributed by atoms with Crippen molar-refractivity contribution in [1.29, 1.82) is 0 Å². The molecule has 0 unspecified atom stereocenters. The molecule has 12 heavy (non-hydrogen) atoms. The van der Waals surface area contributed by atoms with Gasteiger partial charge in [-0.05, 0) is 18.3 Å². The molecule has 0 aliphatic carbocycles. The van der Waals surface area contributed by atoms with Crippen LogP contribution in [0.15, 0.2) is 0 Å². The number of hydrogen-bond donors (Lipinski definition) is 2. The predicted molar refractivity (Wildman–Crippen MR) is 51.0 cm³/mol. The summed E-state index contributed by atoms with van der Waals surface area (Å²) in [6, 6.07) is 0.